The van der Waals surface area contributed by atoms with Gasteiger partial charge in [0.2, 0.25) is 15.9 Å². The van der Waals surface area contributed by atoms with Crippen LogP contribution in [0.4, 0.5) is 8.78 Å². The number of carbonyl (C=O) groups is 1. The van der Waals surface area contributed by atoms with Crippen molar-refractivity contribution in [3.63, 3.8) is 0 Å². The Morgan fingerprint density at radius 3 is 2.58 bits per heavy atom. The molecule has 8 nitrogen and oxygen atoms in total. The van der Waals surface area contributed by atoms with Gasteiger partial charge in [0.05, 0.1) is 12.7 Å². The van der Waals surface area contributed by atoms with Gasteiger partial charge in [0.25, 0.3) is 0 Å². The van der Waals surface area contributed by atoms with Gasteiger partial charge in [-0.1, -0.05) is 19.9 Å². The average Bonchev–Trinajstić information content (AvgIpc) is 3.30. The summed E-state index contributed by atoms with van der Waals surface area (Å²) in [7, 11) is -4.26. The van der Waals surface area contributed by atoms with Crippen LogP contribution in [0.25, 0.3) is 11.1 Å². The van der Waals surface area contributed by atoms with Crippen molar-refractivity contribution in [2.24, 2.45) is 5.92 Å². The predicted molar refractivity (Wildman–Crippen MR) is 146 cm³/mol. The summed E-state index contributed by atoms with van der Waals surface area (Å²) >= 11 is 0. The molecule has 2 N–H and O–H groups in total. The Balaban J connectivity index is 1.49. The van der Waals surface area contributed by atoms with Crippen molar-refractivity contribution in [2.45, 2.75) is 68.5 Å². The Hall–Kier alpha value is -2.60. The standard InChI is InChI=1S/C29H37F2N3O5S/c1-19(2)7-11-33-12-8-29(9-13-33)10-14-39-26-15-20(23-5-4-21(30)16-24(23)31)3-6-27(26)40(37,38)34-18-22(35)17-25(34)28(36)32-29/h3-6,15-16,19,22,25,35H,7-14,17-18H2,1-2H3,(H,32,36)/t22-,25+/m1/s1. The second-order valence-electron chi connectivity index (χ2n) is 11.7. The summed E-state index contributed by atoms with van der Waals surface area (Å²) < 4.78 is 62.9. The number of benzene rings is 2. The van der Waals surface area contributed by atoms with Crippen LogP contribution in [-0.2, 0) is 14.8 Å². The molecule has 2 fully saturated rings. The number of likely N-dealkylation sites (tertiary alicyclic amines) is 1. The van der Waals surface area contributed by atoms with Crippen molar-refractivity contribution in [3.8, 4) is 16.9 Å². The third kappa shape index (κ3) is 5.88. The van der Waals surface area contributed by atoms with Crippen LogP contribution in [-0.4, -0.2) is 79.1 Å². The molecule has 1 amide bonds. The van der Waals surface area contributed by atoms with Gasteiger partial charge in [-0.05, 0) is 61.6 Å². The van der Waals surface area contributed by atoms with E-state index in [9.17, 15) is 27.1 Å². The zero-order valence-corrected chi connectivity index (χ0v) is 23.7. The highest BCUT2D eigenvalue weighted by molar-refractivity contribution is 7.89. The van der Waals surface area contributed by atoms with Gasteiger partial charge in [-0.3, -0.25) is 4.79 Å². The number of aliphatic hydroxyl groups is 1. The monoisotopic (exact) mass is 577 g/mol. The summed E-state index contributed by atoms with van der Waals surface area (Å²) in [5.41, 5.74) is -0.141. The fraction of sp³-hybridized carbons (Fsp3) is 0.552. The molecule has 0 radical (unpaired) electrons. The number of hydrogen-bond donors (Lipinski definition) is 2. The number of rotatable bonds is 4. The number of nitrogens with one attached hydrogen (secondary N) is 1. The molecule has 2 saturated heterocycles. The lowest BCUT2D eigenvalue weighted by Crippen LogP contribution is -2.59. The molecular formula is C29H37F2N3O5S. The third-order valence-corrected chi connectivity index (χ3v) is 10.3. The summed E-state index contributed by atoms with van der Waals surface area (Å²) in [6, 6.07) is 6.35. The number of carbonyl (C=O) groups excluding carboxylic acids is 1. The minimum absolute atomic E-state index is 0.00325. The molecule has 0 aliphatic carbocycles. The first-order valence-corrected chi connectivity index (χ1v) is 15.4. The van der Waals surface area contributed by atoms with E-state index in [-0.39, 0.29) is 35.8 Å². The van der Waals surface area contributed by atoms with E-state index >= 15 is 0 Å². The Labute approximate surface area is 234 Å². The Kier molecular flexibility index (Phi) is 8.20. The van der Waals surface area contributed by atoms with Crippen molar-refractivity contribution in [1.82, 2.24) is 14.5 Å². The van der Waals surface area contributed by atoms with Gasteiger partial charge >= 0.3 is 0 Å². The summed E-state index contributed by atoms with van der Waals surface area (Å²) in [4.78, 5) is 15.8. The molecular weight excluding hydrogens is 540 g/mol. The van der Waals surface area contributed by atoms with Crippen molar-refractivity contribution in [3.05, 3.63) is 48.0 Å². The van der Waals surface area contributed by atoms with E-state index in [0.29, 0.717) is 30.7 Å². The van der Waals surface area contributed by atoms with Crippen molar-refractivity contribution in [2.75, 3.05) is 32.8 Å². The SMILES string of the molecule is CC(C)CCN1CCC2(CCOc3cc(-c4ccc(F)cc4F)ccc3S(=O)(=O)N3C[C@H](O)C[C@H]3C(=O)N2)CC1. The van der Waals surface area contributed by atoms with Gasteiger partial charge in [-0.25, -0.2) is 17.2 Å². The minimum Gasteiger partial charge on any atom is -0.492 e. The normalized spacial score (nSPS) is 25.1. The molecule has 0 aromatic heterocycles. The maximum absolute atomic E-state index is 14.6. The summed E-state index contributed by atoms with van der Waals surface area (Å²) in [5.74, 6) is -1.28. The third-order valence-electron chi connectivity index (χ3n) is 8.37. The molecule has 2 aromatic rings. The number of halogens is 2. The van der Waals surface area contributed by atoms with Crippen LogP contribution in [0, 0.1) is 17.6 Å². The van der Waals surface area contributed by atoms with Crippen molar-refractivity contribution >= 4 is 15.9 Å². The topological polar surface area (TPSA) is 99.2 Å². The van der Waals surface area contributed by atoms with Gasteiger partial charge in [0.1, 0.15) is 28.3 Å². The first-order chi connectivity index (χ1) is 19.0. The van der Waals surface area contributed by atoms with E-state index in [0.717, 1.165) is 42.5 Å². The number of amides is 1. The molecule has 3 aliphatic rings. The minimum atomic E-state index is -4.26. The quantitative estimate of drug-likeness (QED) is 0.577. The number of sulfonamides is 1. The molecule has 0 saturated carbocycles. The van der Waals surface area contributed by atoms with Crippen LogP contribution in [0.15, 0.2) is 41.3 Å². The highest BCUT2D eigenvalue weighted by Gasteiger charge is 2.47. The molecule has 2 atom stereocenters. The average molecular weight is 578 g/mol. The smallest absolute Gasteiger partial charge is 0.247 e. The maximum Gasteiger partial charge on any atom is 0.247 e. The van der Waals surface area contributed by atoms with E-state index < -0.39 is 45.2 Å². The highest BCUT2D eigenvalue weighted by Crippen LogP contribution is 2.37. The largest absolute Gasteiger partial charge is 0.492 e. The van der Waals surface area contributed by atoms with Crippen molar-refractivity contribution in [1.29, 1.82) is 0 Å². The summed E-state index contributed by atoms with van der Waals surface area (Å²) in [6.45, 7) is 6.88. The molecule has 1 spiro atoms. The van der Waals surface area contributed by atoms with Gasteiger partial charge in [0, 0.05) is 49.6 Å². The zero-order chi connectivity index (χ0) is 28.7. The predicted octanol–water partition coefficient (Wildman–Crippen LogP) is 3.54. The fourth-order valence-electron chi connectivity index (χ4n) is 5.92. The van der Waals surface area contributed by atoms with E-state index in [1.54, 1.807) is 0 Å². The summed E-state index contributed by atoms with van der Waals surface area (Å²) in [5, 5.41) is 13.6. The van der Waals surface area contributed by atoms with E-state index in [4.69, 9.17) is 4.74 Å². The van der Waals surface area contributed by atoms with Gasteiger partial charge < -0.3 is 20.1 Å². The lowest BCUT2D eigenvalue weighted by molar-refractivity contribution is -0.127. The van der Waals surface area contributed by atoms with E-state index in [1.165, 1.54) is 24.3 Å². The Bertz CT molecular complexity index is 1360. The van der Waals surface area contributed by atoms with Gasteiger partial charge in [-0.2, -0.15) is 4.31 Å². The Morgan fingerprint density at radius 2 is 1.88 bits per heavy atom. The van der Waals surface area contributed by atoms with Crippen LogP contribution in [0.5, 0.6) is 5.75 Å². The molecule has 3 aliphatic heterocycles. The molecule has 0 unspecified atom stereocenters. The molecule has 2 aromatic carbocycles. The number of piperidine rings is 1. The van der Waals surface area contributed by atoms with Crippen LogP contribution < -0.4 is 10.1 Å². The van der Waals surface area contributed by atoms with Crippen LogP contribution in [0.1, 0.15) is 46.0 Å². The fourth-order valence-corrected chi connectivity index (χ4v) is 7.67. The molecule has 5 rings (SSSR count). The van der Waals surface area contributed by atoms with Gasteiger partial charge in [-0.15, -0.1) is 0 Å². The lowest BCUT2D eigenvalue weighted by atomic mass is 9.84. The number of hydrogen-bond acceptors (Lipinski definition) is 6. The molecule has 11 heteroatoms. The number of ether oxygens (including phenoxy) is 1. The number of fused-ring (bicyclic) bond motifs is 2. The zero-order valence-electron chi connectivity index (χ0n) is 22.9. The molecule has 40 heavy (non-hydrogen) atoms. The Morgan fingerprint density at radius 1 is 1.12 bits per heavy atom. The number of aliphatic hydroxyl groups excluding tert-OH is 1. The molecule has 3 heterocycles. The summed E-state index contributed by atoms with van der Waals surface area (Å²) in [6.07, 6.45) is 1.94. The van der Waals surface area contributed by atoms with E-state index in [1.807, 2.05) is 0 Å². The number of nitrogens with zero attached hydrogens (tertiary/aromatic N) is 2. The second-order valence-corrected chi connectivity index (χ2v) is 13.5. The van der Waals surface area contributed by atoms with Crippen LogP contribution >= 0.6 is 0 Å². The molecule has 218 valence electrons. The van der Waals surface area contributed by atoms with Crippen LogP contribution in [0.3, 0.4) is 0 Å². The van der Waals surface area contributed by atoms with Crippen LogP contribution in [0.2, 0.25) is 0 Å². The first-order valence-electron chi connectivity index (χ1n) is 13.9. The maximum atomic E-state index is 14.6. The van der Waals surface area contributed by atoms with Crippen molar-refractivity contribution < 1.29 is 31.8 Å². The van der Waals surface area contributed by atoms with E-state index in [2.05, 4.69) is 24.1 Å². The highest BCUT2D eigenvalue weighted by atomic mass is 32.2. The lowest BCUT2D eigenvalue weighted by Gasteiger charge is -2.43. The second kappa shape index (κ2) is 11.3. The first kappa shape index (κ1) is 28.9. The molecule has 0 bridgehead atoms. The van der Waals surface area contributed by atoms with Gasteiger partial charge in [0.15, 0.2) is 0 Å².